The maximum atomic E-state index is 3.97. The van der Waals surface area contributed by atoms with Crippen LogP contribution in [0.4, 0.5) is 0 Å². The first-order valence-electron chi connectivity index (χ1n) is 4.06. The number of hydrogen-bond donors (Lipinski definition) is 0. The average Bonchev–Trinajstić information content (AvgIpc) is 1.82. The van der Waals surface area contributed by atoms with Crippen molar-refractivity contribution >= 4 is 0 Å². The third kappa shape index (κ3) is 4.60. The maximum Gasteiger partial charge on any atom is -0.0260 e. The fourth-order valence-corrected chi connectivity index (χ4v) is 0.623. The molecule has 0 amide bonds. The minimum absolute atomic E-state index is 0.610. The summed E-state index contributed by atoms with van der Waals surface area (Å²) in [6.07, 6.45) is 3.41. The first kappa shape index (κ1) is 9.74. The Balaban J connectivity index is 3.69. The van der Waals surface area contributed by atoms with Gasteiger partial charge in [0.2, 0.25) is 0 Å². The Bertz CT molecular complexity index is 107. The van der Waals surface area contributed by atoms with Crippen LogP contribution in [0.3, 0.4) is 0 Å². The fraction of sp³-hybridized carbons (Fsp3) is 0.700. The van der Waals surface area contributed by atoms with Crippen molar-refractivity contribution in [3.05, 3.63) is 18.6 Å². The molecule has 0 aromatic heterocycles. The van der Waals surface area contributed by atoms with Gasteiger partial charge in [0.1, 0.15) is 0 Å². The van der Waals surface area contributed by atoms with Crippen molar-refractivity contribution in [3.63, 3.8) is 0 Å². The SMILES string of the molecule is [CH2]C(=CCC(C)C)C(C)C. The molecule has 0 heterocycles. The van der Waals surface area contributed by atoms with Gasteiger partial charge < -0.3 is 0 Å². The second-order valence-electron chi connectivity index (χ2n) is 3.56. The smallest absolute Gasteiger partial charge is 0.0260 e. The van der Waals surface area contributed by atoms with Crippen LogP contribution in [0.1, 0.15) is 34.1 Å². The van der Waals surface area contributed by atoms with E-state index in [1.54, 1.807) is 0 Å². The summed E-state index contributed by atoms with van der Waals surface area (Å²) < 4.78 is 0. The maximum absolute atomic E-state index is 3.97. The summed E-state index contributed by atoms with van der Waals surface area (Å²) >= 11 is 0. The van der Waals surface area contributed by atoms with Crippen molar-refractivity contribution in [2.75, 3.05) is 0 Å². The van der Waals surface area contributed by atoms with Crippen LogP contribution in [0.5, 0.6) is 0 Å². The highest BCUT2D eigenvalue weighted by molar-refractivity contribution is 5.07. The van der Waals surface area contributed by atoms with Gasteiger partial charge in [0.15, 0.2) is 0 Å². The van der Waals surface area contributed by atoms with Crippen LogP contribution in [0.2, 0.25) is 0 Å². The van der Waals surface area contributed by atoms with Crippen molar-refractivity contribution in [1.82, 2.24) is 0 Å². The van der Waals surface area contributed by atoms with Crippen molar-refractivity contribution in [2.24, 2.45) is 11.8 Å². The van der Waals surface area contributed by atoms with Gasteiger partial charge in [0, 0.05) is 0 Å². The minimum Gasteiger partial charge on any atom is -0.0848 e. The van der Waals surface area contributed by atoms with E-state index in [-0.39, 0.29) is 0 Å². The second-order valence-corrected chi connectivity index (χ2v) is 3.56. The minimum atomic E-state index is 0.610. The van der Waals surface area contributed by atoms with Gasteiger partial charge in [-0.3, -0.25) is 0 Å². The summed E-state index contributed by atoms with van der Waals surface area (Å²) in [6, 6.07) is 0. The van der Waals surface area contributed by atoms with Gasteiger partial charge in [-0.2, -0.15) is 0 Å². The lowest BCUT2D eigenvalue weighted by molar-refractivity contribution is 0.654. The molecular formula is C10H19. The second kappa shape index (κ2) is 4.54. The zero-order valence-electron chi connectivity index (χ0n) is 7.65. The molecule has 0 aliphatic heterocycles. The molecule has 0 heteroatoms. The summed E-state index contributed by atoms with van der Waals surface area (Å²) in [6.45, 7) is 12.8. The fourth-order valence-electron chi connectivity index (χ4n) is 0.623. The predicted molar refractivity (Wildman–Crippen MR) is 47.7 cm³/mol. The van der Waals surface area contributed by atoms with E-state index in [1.807, 2.05) is 0 Å². The molecule has 0 aromatic carbocycles. The van der Waals surface area contributed by atoms with Crippen LogP contribution in [0.25, 0.3) is 0 Å². The Morgan fingerprint density at radius 2 is 1.80 bits per heavy atom. The van der Waals surface area contributed by atoms with Crippen molar-refractivity contribution in [2.45, 2.75) is 34.1 Å². The molecule has 0 bridgehead atoms. The monoisotopic (exact) mass is 139 g/mol. The Labute approximate surface area is 65.3 Å². The van der Waals surface area contributed by atoms with E-state index in [9.17, 15) is 0 Å². The van der Waals surface area contributed by atoms with Gasteiger partial charge in [-0.25, -0.2) is 0 Å². The number of rotatable bonds is 3. The van der Waals surface area contributed by atoms with Crippen LogP contribution in [-0.4, -0.2) is 0 Å². The quantitative estimate of drug-likeness (QED) is 0.562. The molecule has 0 spiro atoms. The summed E-state index contributed by atoms with van der Waals surface area (Å²) in [7, 11) is 0. The standard InChI is InChI=1S/C10H19/c1-8(2)6-7-10(5)9(3)4/h7-9H,5-6H2,1-4H3. The van der Waals surface area contributed by atoms with E-state index in [4.69, 9.17) is 0 Å². The zero-order chi connectivity index (χ0) is 8.15. The molecule has 0 rings (SSSR count). The third-order valence-electron chi connectivity index (χ3n) is 1.59. The molecule has 0 nitrogen and oxygen atoms in total. The Morgan fingerprint density at radius 1 is 1.30 bits per heavy atom. The van der Waals surface area contributed by atoms with E-state index >= 15 is 0 Å². The molecule has 0 aromatic rings. The van der Waals surface area contributed by atoms with Gasteiger partial charge in [-0.1, -0.05) is 39.3 Å². The van der Waals surface area contributed by atoms with Crippen LogP contribution in [-0.2, 0) is 0 Å². The van der Waals surface area contributed by atoms with Gasteiger partial charge in [0.05, 0.1) is 0 Å². The van der Waals surface area contributed by atoms with Gasteiger partial charge in [-0.05, 0) is 25.2 Å². The normalized spacial score (nSPS) is 13.3. The first-order valence-corrected chi connectivity index (χ1v) is 4.06. The molecule has 10 heavy (non-hydrogen) atoms. The van der Waals surface area contributed by atoms with Gasteiger partial charge in [0.25, 0.3) is 0 Å². The average molecular weight is 139 g/mol. The van der Waals surface area contributed by atoms with E-state index < -0.39 is 0 Å². The lowest BCUT2D eigenvalue weighted by Gasteiger charge is -2.05. The van der Waals surface area contributed by atoms with Crippen molar-refractivity contribution < 1.29 is 0 Å². The third-order valence-corrected chi connectivity index (χ3v) is 1.59. The van der Waals surface area contributed by atoms with Gasteiger partial charge in [-0.15, -0.1) is 0 Å². The molecule has 0 aliphatic carbocycles. The highest BCUT2D eigenvalue weighted by Gasteiger charge is 1.95. The molecular weight excluding hydrogens is 120 g/mol. The first-order chi connectivity index (χ1) is 4.54. The van der Waals surface area contributed by atoms with E-state index in [0.29, 0.717) is 5.92 Å². The summed E-state index contributed by atoms with van der Waals surface area (Å²) in [5.41, 5.74) is 1.27. The lowest BCUT2D eigenvalue weighted by atomic mass is 10.0. The predicted octanol–water partition coefficient (Wildman–Crippen LogP) is 3.45. The molecule has 0 fully saturated rings. The summed E-state index contributed by atoms with van der Waals surface area (Å²) in [5, 5.41) is 0. The topological polar surface area (TPSA) is 0 Å². The van der Waals surface area contributed by atoms with Crippen LogP contribution < -0.4 is 0 Å². The molecule has 1 radical (unpaired) electrons. The molecule has 0 atom stereocenters. The molecule has 0 saturated carbocycles. The summed E-state index contributed by atoms with van der Waals surface area (Å²) in [4.78, 5) is 0. The Kier molecular flexibility index (Phi) is 4.42. The van der Waals surface area contributed by atoms with Crippen molar-refractivity contribution in [1.29, 1.82) is 0 Å². The molecule has 0 unspecified atom stereocenters. The van der Waals surface area contributed by atoms with Crippen LogP contribution in [0, 0.1) is 18.8 Å². The van der Waals surface area contributed by atoms with E-state index in [0.717, 1.165) is 12.3 Å². The van der Waals surface area contributed by atoms with Gasteiger partial charge >= 0.3 is 0 Å². The molecule has 0 N–H and O–H groups in total. The molecule has 0 aliphatic rings. The zero-order valence-corrected chi connectivity index (χ0v) is 7.65. The largest absolute Gasteiger partial charge is 0.0848 e. The number of hydrogen-bond acceptors (Lipinski definition) is 0. The Morgan fingerprint density at radius 3 is 2.10 bits per heavy atom. The summed E-state index contributed by atoms with van der Waals surface area (Å²) in [5.74, 6) is 1.37. The van der Waals surface area contributed by atoms with Crippen LogP contribution in [0.15, 0.2) is 11.6 Å². The Hall–Kier alpha value is -0.260. The van der Waals surface area contributed by atoms with E-state index in [2.05, 4.69) is 40.7 Å². The van der Waals surface area contributed by atoms with E-state index in [1.165, 1.54) is 5.57 Å². The highest BCUT2D eigenvalue weighted by atomic mass is 14.0. The highest BCUT2D eigenvalue weighted by Crippen LogP contribution is 2.10. The molecule has 0 saturated heterocycles. The lowest BCUT2D eigenvalue weighted by Crippen LogP contribution is -1.90. The van der Waals surface area contributed by atoms with Crippen molar-refractivity contribution in [3.8, 4) is 0 Å². The number of allylic oxidation sites excluding steroid dienone is 2. The van der Waals surface area contributed by atoms with Crippen LogP contribution >= 0.6 is 0 Å². The molecule has 59 valence electrons.